The van der Waals surface area contributed by atoms with E-state index in [-0.39, 0.29) is 0 Å². The molecule has 0 amide bonds. The van der Waals surface area contributed by atoms with Gasteiger partial charge in [0, 0.05) is 24.2 Å². The molecule has 0 spiro atoms. The Hall–Kier alpha value is -2.10. The van der Waals surface area contributed by atoms with E-state index in [1.807, 2.05) is 6.92 Å². The van der Waals surface area contributed by atoms with Crippen LogP contribution in [-0.4, -0.2) is 16.5 Å². The Balaban J connectivity index is 2.37. The van der Waals surface area contributed by atoms with Crippen molar-refractivity contribution in [3.63, 3.8) is 0 Å². The summed E-state index contributed by atoms with van der Waals surface area (Å²) < 4.78 is 0. The summed E-state index contributed by atoms with van der Waals surface area (Å²) in [5.74, 6) is 2.64. The maximum Gasteiger partial charge on any atom is 0.139 e. The molecule has 0 atom stereocenters. The molecule has 0 saturated carbocycles. The standard InChI is InChI=1S/C17H24N4/c1-6-15-20-16(18-7-2)13(5)17(21-15)19-14-9-8-11(3)12(4)10-14/h8-10H,6-7H2,1-5H3,(H2,18,19,20,21). The molecule has 1 heterocycles. The zero-order valence-corrected chi connectivity index (χ0v) is 13.5. The van der Waals surface area contributed by atoms with Crippen molar-refractivity contribution in [3.8, 4) is 0 Å². The first-order chi connectivity index (χ1) is 10.0. The van der Waals surface area contributed by atoms with E-state index in [0.29, 0.717) is 0 Å². The first kappa shape index (κ1) is 15.3. The highest BCUT2D eigenvalue weighted by molar-refractivity contribution is 5.65. The van der Waals surface area contributed by atoms with Crippen molar-refractivity contribution in [2.24, 2.45) is 0 Å². The summed E-state index contributed by atoms with van der Waals surface area (Å²) in [5.41, 5.74) is 4.67. The van der Waals surface area contributed by atoms with Gasteiger partial charge in [-0.25, -0.2) is 9.97 Å². The van der Waals surface area contributed by atoms with Crippen molar-refractivity contribution >= 4 is 17.3 Å². The average molecular weight is 284 g/mol. The Morgan fingerprint density at radius 3 is 2.29 bits per heavy atom. The van der Waals surface area contributed by atoms with Gasteiger partial charge >= 0.3 is 0 Å². The second-order valence-corrected chi connectivity index (χ2v) is 5.27. The van der Waals surface area contributed by atoms with E-state index in [4.69, 9.17) is 0 Å². The highest BCUT2D eigenvalue weighted by Crippen LogP contribution is 2.25. The van der Waals surface area contributed by atoms with Gasteiger partial charge in [-0.15, -0.1) is 0 Å². The fourth-order valence-electron chi connectivity index (χ4n) is 2.14. The number of rotatable bonds is 5. The van der Waals surface area contributed by atoms with Gasteiger partial charge in [-0.1, -0.05) is 13.0 Å². The van der Waals surface area contributed by atoms with Gasteiger partial charge in [0.05, 0.1) is 0 Å². The smallest absolute Gasteiger partial charge is 0.139 e. The van der Waals surface area contributed by atoms with E-state index in [2.05, 4.69) is 66.5 Å². The lowest BCUT2D eigenvalue weighted by atomic mass is 10.1. The van der Waals surface area contributed by atoms with Crippen LogP contribution in [0, 0.1) is 20.8 Å². The van der Waals surface area contributed by atoms with Crippen molar-refractivity contribution in [1.29, 1.82) is 0 Å². The Morgan fingerprint density at radius 1 is 0.952 bits per heavy atom. The molecule has 0 unspecified atom stereocenters. The zero-order chi connectivity index (χ0) is 15.4. The minimum atomic E-state index is 0.820. The summed E-state index contributed by atoms with van der Waals surface area (Å²) in [5, 5.41) is 6.73. The van der Waals surface area contributed by atoms with Gasteiger partial charge in [0.1, 0.15) is 17.5 Å². The number of aryl methyl sites for hydroxylation is 3. The molecule has 21 heavy (non-hydrogen) atoms. The van der Waals surface area contributed by atoms with E-state index in [0.717, 1.165) is 41.7 Å². The summed E-state index contributed by atoms with van der Waals surface area (Å²) in [4.78, 5) is 9.17. The molecule has 0 radical (unpaired) electrons. The lowest BCUT2D eigenvalue weighted by Crippen LogP contribution is -2.09. The fourth-order valence-corrected chi connectivity index (χ4v) is 2.14. The Labute approximate surface area is 127 Å². The third-order valence-corrected chi connectivity index (χ3v) is 3.62. The number of nitrogens with zero attached hydrogens (tertiary/aromatic N) is 2. The van der Waals surface area contributed by atoms with Gasteiger partial charge in [0.2, 0.25) is 0 Å². The fraction of sp³-hybridized carbons (Fsp3) is 0.412. The Kier molecular flexibility index (Phi) is 4.78. The van der Waals surface area contributed by atoms with E-state index in [1.54, 1.807) is 0 Å². The number of benzene rings is 1. The van der Waals surface area contributed by atoms with Crippen LogP contribution in [0.3, 0.4) is 0 Å². The van der Waals surface area contributed by atoms with Crippen LogP contribution in [-0.2, 0) is 6.42 Å². The number of anilines is 3. The summed E-state index contributed by atoms with van der Waals surface area (Å²) >= 11 is 0. The minimum absolute atomic E-state index is 0.820. The maximum absolute atomic E-state index is 4.62. The normalized spacial score (nSPS) is 10.5. The van der Waals surface area contributed by atoms with Crippen LogP contribution in [0.2, 0.25) is 0 Å². The molecule has 0 bridgehead atoms. The van der Waals surface area contributed by atoms with Gasteiger partial charge in [-0.2, -0.15) is 0 Å². The van der Waals surface area contributed by atoms with Crippen LogP contribution >= 0.6 is 0 Å². The van der Waals surface area contributed by atoms with Crippen LogP contribution in [0.15, 0.2) is 18.2 Å². The van der Waals surface area contributed by atoms with Crippen molar-refractivity contribution in [3.05, 3.63) is 40.7 Å². The van der Waals surface area contributed by atoms with Gasteiger partial charge < -0.3 is 10.6 Å². The molecule has 0 aliphatic heterocycles. The summed E-state index contributed by atoms with van der Waals surface area (Å²) in [7, 11) is 0. The van der Waals surface area contributed by atoms with Gasteiger partial charge in [0.15, 0.2) is 0 Å². The van der Waals surface area contributed by atoms with Crippen LogP contribution in [0.1, 0.15) is 36.4 Å². The Morgan fingerprint density at radius 2 is 1.67 bits per heavy atom. The zero-order valence-electron chi connectivity index (χ0n) is 13.5. The van der Waals surface area contributed by atoms with Gasteiger partial charge in [-0.05, 0) is 51.0 Å². The van der Waals surface area contributed by atoms with Crippen molar-refractivity contribution < 1.29 is 0 Å². The van der Waals surface area contributed by atoms with Crippen LogP contribution in [0.25, 0.3) is 0 Å². The van der Waals surface area contributed by atoms with Crippen molar-refractivity contribution in [1.82, 2.24) is 9.97 Å². The molecule has 0 aliphatic rings. The SMILES string of the molecule is CCNc1nc(CC)nc(Nc2ccc(C)c(C)c2)c1C. The number of hydrogen-bond donors (Lipinski definition) is 2. The lowest BCUT2D eigenvalue weighted by Gasteiger charge is -2.15. The predicted molar refractivity (Wildman–Crippen MR) is 89.5 cm³/mol. The molecule has 2 aromatic rings. The van der Waals surface area contributed by atoms with Crippen molar-refractivity contribution in [2.45, 2.75) is 41.0 Å². The quantitative estimate of drug-likeness (QED) is 0.866. The molecular weight excluding hydrogens is 260 g/mol. The molecule has 1 aromatic carbocycles. The minimum Gasteiger partial charge on any atom is -0.370 e. The first-order valence-electron chi connectivity index (χ1n) is 7.50. The summed E-state index contributed by atoms with van der Waals surface area (Å²) in [6.07, 6.45) is 0.820. The summed E-state index contributed by atoms with van der Waals surface area (Å²) in [6.45, 7) is 11.3. The van der Waals surface area contributed by atoms with Crippen LogP contribution < -0.4 is 10.6 Å². The molecule has 0 fully saturated rings. The average Bonchev–Trinajstić information content (AvgIpc) is 2.47. The lowest BCUT2D eigenvalue weighted by molar-refractivity contribution is 0.930. The van der Waals surface area contributed by atoms with Crippen molar-refractivity contribution in [2.75, 3.05) is 17.2 Å². The molecule has 0 aliphatic carbocycles. The third kappa shape index (κ3) is 3.51. The van der Waals surface area contributed by atoms with E-state index >= 15 is 0 Å². The number of hydrogen-bond acceptors (Lipinski definition) is 4. The molecule has 2 rings (SSSR count). The van der Waals surface area contributed by atoms with E-state index < -0.39 is 0 Å². The molecule has 1 aromatic heterocycles. The number of aromatic nitrogens is 2. The van der Waals surface area contributed by atoms with Gasteiger partial charge in [0.25, 0.3) is 0 Å². The Bertz CT molecular complexity index is 635. The molecular formula is C17H24N4. The molecule has 2 N–H and O–H groups in total. The topological polar surface area (TPSA) is 49.8 Å². The van der Waals surface area contributed by atoms with E-state index in [1.165, 1.54) is 11.1 Å². The molecule has 0 saturated heterocycles. The second-order valence-electron chi connectivity index (χ2n) is 5.27. The molecule has 4 heteroatoms. The maximum atomic E-state index is 4.62. The van der Waals surface area contributed by atoms with E-state index in [9.17, 15) is 0 Å². The predicted octanol–water partition coefficient (Wildman–Crippen LogP) is 4.14. The van der Waals surface area contributed by atoms with Crippen LogP contribution in [0.5, 0.6) is 0 Å². The van der Waals surface area contributed by atoms with Crippen LogP contribution in [0.4, 0.5) is 17.3 Å². The highest BCUT2D eigenvalue weighted by atomic mass is 15.1. The molecule has 4 nitrogen and oxygen atoms in total. The molecule has 112 valence electrons. The summed E-state index contributed by atoms with van der Waals surface area (Å²) in [6, 6.07) is 6.36. The van der Waals surface area contributed by atoms with Gasteiger partial charge in [-0.3, -0.25) is 0 Å². The third-order valence-electron chi connectivity index (χ3n) is 3.62. The second kappa shape index (κ2) is 6.57. The largest absolute Gasteiger partial charge is 0.370 e. The monoisotopic (exact) mass is 284 g/mol. The first-order valence-corrected chi connectivity index (χ1v) is 7.50. The highest BCUT2D eigenvalue weighted by Gasteiger charge is 2.10. The number of nitrogens with one attached hydrogen (secondary N) is 2.